The summed E-state index contributed by atoms with van der Waals surface area (Å²) in [4.78, 5) is 10.4. The number of carbonyl (C=O) groups is 1. The van der Waals surface area contributed by atoms with E-state index in [2.05, 4.69) is 22.4 Å². The highest BCUT2D eigenvalue weighted by Gasteiger charge is 2.14. The molecule has 6 nitrogen and oxygen atoms in total. The van der Waals surface area contributed by atoms with E-state index in [0.717, 1.165) is 0 Å². The summed E-state index contributed by atoms with van der Waals surface area (Å²) in [5, 5.41) is 14.4. The Labute approximate surface area is 72.4 Å². The number of H-pyrrole nitrogens is 1. The van der Waals surface area contributed by atoms with E-state index in [1.54, 1.807) is 0 Å². The lowest BCUT2D eigenvalue weighted by Gasteiger charge is -1.99. The van der Waals surface area contributed by atoms with Gasteiger partial charge in [-0.2, -0.15) is 0 Å². The van der Waals surface area contributed by atoms with Gasteiger partial charge in [-0.05, 0) is 12.2 Å². The average Bonchev–Trinajstić information content (AvgIpc) is 2.35. The zero-order valence-electron chi connectivity index (χ0n) is 5.98. The lowest BCUT2D eigenvalue weighted by atomic mass is 10.2. The smallest absolute Gasteiger partial charge is 0.321 e. The lowest BCUT2D eigenvalue weighted by molar-refractivity contribution is -0.138. The summed E-state index contributed by atoms with van der Waals surface area (Å²) < 4.78 is 4.81. The van der Waals surface area contributed by atoms with Crippen LogP contribution in [0.25, 0.3) is 0 Å². The van der Waals surface area contributed by atoms with Crippen molar-refractivity contribution in [1.82, 2.24) is 10.2 Å². The van der Waals surface area contributed by atoms with Crippen molar-refractivity contribution < 1.29 is 14.3 Å². The number of aromatic nitrogens is 2. The van der Waals surface area contributed by atoms with Crippen molar-refractivity contribution in [3.05, 3.63) is 10.7 Å². The number of carboxylic acid groups (broad SMARTS) is 1. The Balaban J connectivity index is 2.64. The number of nitrogens with one attached hydrogen (secondary N) is 1. The van der Waals surface area contributed by atoms with Gasteiger partial charge >= 0.3 is 5.97 Å². The summed E-state index contributed by atoms with van der Waals surface area (Å²) in [6, 6.07) is -1.01. The van der Waals surface area contributed by atoms with Crippen molar-refractivity contribution in [3.63, 3.8) is 0 Å². The highest BCUT2D eigenvalue weighted by Crippen LogP contribution is 1.98. The van der Waals surface area contributed by atoms with E-state index in [0.29, 0.717) is 0 Å². The molecule has 0 spiro atoms. The van der Waals surface area contributed by atoms with E-state index in [-0.39, 0.29) is 17.1 Å². The second kappa shape index (κ2) is 3.46. The quantitative estimate of drug-likeness (QED) is 0.563. The lowest BCUT2D eigenvalue weighted by Crippen LogP contribution is -2.32. The number of aromatic amines is 1. The third-order valence-electron chi connectivity index (χ3n) is 1.19. The monoisotopic (exact) mass is 189 g/mol. The van der Waals surface area contributed by atoms with Crippen molar-refractivity contribution in [2.45, 2.75) is 12.5 Å². The maximum absolute atomic E-state index is 10.3. The van der Waals surface area contributed by atoms with Crippen molar-refractivity contribution in [2.75, 3.05) is 0 Å². The Bertz CT molecular complexity index is 331. The third kappa shape index (κ3) is 2.14. The van der Waals surface area contributed by atoms with E-state index in [4.69, 9.17) is 15.3 Å². The summed E-state index contributed by atoms with van der Waals surface area (Å²) in [6.07, 6.45) is 0.0302. The molecule has 0 aliphatic carbocycles. The van der Waals surface area contributed by atoms with Gasteiger partial charge in [0.1, 0.15) is 6.04 Å². The summed E-state index contributed by atoms with van der Waals surface area (Å²) >= 11 is 4.58. The molecule has 1 aromatic rings. The van der Waals surface area contributed by atoms with Crippen LogP contribution in [0.5, 0.6) is 0 Å². The minimum Gasteiger partial charge on any atom is -0.480 e. The molecule has 1 rings (SSSR count). The number of aliphatic carboxylic acids is 1. The van der Waals surface area contributed by atoms with E-state index in [9.17, 15) is 4.79 Å². The Hall–Kier alpha value is -1.21. The molecular weight excluding hydrogens is 182 g/mol. The van der Waals surface area contributed by atoms with Gasteiger partial charge in [0.05, 0.1) is 6.42 Å². The molecule has 0 saturated heterocycles. The molecule has 7 heteroatoms. The molecule has 1 heterocycles. The molecule has 1 atom stereocenters. The molecule has 1 aromatic heterocycles. The van der Waals surface area contributed by atoms with Gasteiger partial charge in [-0.25, -0.2) is 5.10 Å². The van der Waals surface area contributed by atoms with Gasteiger partial charge in [0, 0.05) is 0 Å². The van der Waals surface area contributed by atoms with Crippen molar-refractivity contribution in [3.8, 4) is 0 Å². The first-order valence-electron chi connectivity index (χ1n) is 3.12. The molecule has 0 fully saturated rings. The highest BCUT2D eigenvalue weighted by atomic mass is 32.1. The molecule has 66 valence electrons. The maximum Gasteiger partial charge on any atom is 0.321 e. The predicted octanol–water partition coefficient (Wildman–Crippen LogP) is -0.313. The number of nitrogens with zero attached hydrogens (tertiary/aromatic N) is 1. The van der Waals surface area contributed by atoms with E-state index < -0.39 is 12.0 Å². The van der Waals surface area contributed by atoms with Gasteiger partial charge in [0.15, 0.2) is 0 Å². The minimum absolute atomic E-state index is 0.0302. The zero-order chi connectivity index (χ0) is 9.14. The van der Waals surface area contributed by atoms with Gasteiger partial charge in [-0.3, -0.25) is 4.79 Å². The molecule has 0 aliphatic rings. The average molecular weight is 189 g/mol. The first-order chi connectivity index (χ1) is 5.59. The Morgan fingerprint density at radius 3 is 3.00 bits per heavy atom. The molecule has 0 radical (unpaired) electrons. The zero-order valence-corrected chi connectivity index (χ0v) is 6.80. The summed E-state index contributed by atoms with van der Waals surface area (Å²) in [5.41, 5.74) is 5.21. The van der Waals surface area contributed by atoms with Crippen LogP contribution in [-0.4, -0.2) is 27.3 Å². The van der Waals surface area contributed by atoms with Crippen molar-refractivity contribution in [2.24, 2.45) is 5.73 Å². The first-order valence-corrected chi connectivity index (χ1v) is 3.53. The maximum atomic E-state index is 10.3. The van der Waals surface area contributed by atoms with Gasteiger partial charge in [-0.15, -0.1) is 5.10 Å². The van der Waals surface area contributed by atoms with E-state index in [1.165, 1.54) is 0 Å². The fraction of sp³-hybridized carbons (Fsp3) is 0.400. The second-order valence-corrected chi connectivity index (χ2v) is 2.53. The summed E-state index contributed by atoms with van der Waals surface area (Å²) in [6.45, 7) is 0. The molecule has 0 saturated carbocycles. The first kappa shape index (κ1) is 8.88. The highest BCUT2D eigenvalue weighted by molar-refractivity contribution is 7.71. The Kier molecular flexibility index (Phi) is 2.56. The molecular formula is C5H7N3O3S. The predicted molar refractivity (Wildman–Crippen MR) is 41.0 cm³/mol. The molecule has 12 heavy (non-hydrogen) atoms. The fourth-order valence-electron chi connectivity index (χ4n) is 0.623. The number of hydrogen-bond acceptors (Lipinski definition) is 5. The molecule has 0 aliphatic heterocycles. The van der Waals surface area contributed by atoms with Crippen LogP contribution in [0.15, 0.2) is 4.42 Å². The van der Waals surface area contributed by atoms with Crippen LogP contribution in [0.1, 0.15) is 5.89 Å². The molecule has 0 amide bonds. The fourth-order valence-corrected chi connectivity index (χ4v) is 0.765. The summed E-state index contributed by atoms with van der Waals surface area (Å²) in [7, 11) is 0. The van der Waals surface area contributed by atoms with E-state index in [1.807, 2.05) is 0 Å². The van der Waals surface area contributed by atoms with Crippen LogP contribution in [0, 0.1) is 4.84 Å². The Morgan fingerprint density at radius 2 is 2.58 bits per heavy atom. The third-order valence-corrected chi connectivity index (χ3v) is 1.37. The standard InChI is InChI=1S/C5H7N3O3S/c6-2(4(9)10)1-3-7-8-5(12)11-3/h2H,1,6H2,(H,8,12)(H,9,10). The number of rotatable bonds is 3. The minimum atomic E-state index is -1.10. The van der Waals surface area contributed by atoms with Crippen LogP contribution in [0.4, 0.5) is 0 Å². The van der Waals surface area contributed by atoms with E-state index >= 15 is 0 Å². The van der Waals surface area contributed by atoms with Crippen LogP contribution < -0.4 is 5.73 Å². The van der Waals surface area contributed by atoms with Gasteiger partial charge in [0.25, 0.3) is 4.84 Å². The van der Waals surface area contributed by atoms with Crippen LogP contribution >= 0.6 is 12.2 Å². The van der Waals surface area contributed by atoms with Gasteiger partial charge in [0.2, 0.25) is 5.89 Å². The largest absolute Gasteiger partial charge is 0.480 e. The van der Waals surface area contributed by atoms with Crippen molar-refractivity contribution in [1.29, 1.82) is 0 Å². The van der Waals surface area contributed by atoms with Crippen LogP contribution in [0.3, 0.4) is 0 Å². The SMILES string of the molecule is NC(Cc1n[nH]c(=S)o1)C(=O)O. The topological polar surface area (TPSA) is 105 Å². The molecule has 0 aromatic carbocycles. The molecule has 0 bridgehead atoms. The van der Waals surface area contributed by atoms with Crippen LogP contribution in [0.2, 0.25) is 0 Å². The number of nitrogens with two attached hydrogens (primary N) is 1. The number of carboxylic acids is 1. The molecule has 4 N–H and O–H groups in total. The normalized spacial score (nSPS) is 12.8. The van der Waals surface area contributed by atoms with Gasteiger partial charge in [-0.1, -0.05) is 0 Å². The second-order valence-electron chi connectivity index (χ2n) is 2.16. The molecule has 1 unspecified atom stereocenters. The van der Waals surface area contributed by atoms with Crippen molar-refractivity contribution >= 4 is 18.2 Å². The van der Waals surface area contributed by atoms with Crippen LogP contribution in [-0.2, 0) is 11.2 Å². The number of hydrogen-bond donors (Lipinski definition) is 3. The summed E-state index contributed by atoms with van der Waals surface area (Å²) in [5.74, 6) is -0.894. The Morgan fingerprint density at radius 1 is 1.92 bits per heavy atom. The van der Waals surface area contributed by atoms with Gasteiger partial charge < -0.3 is 15.3 Å².